The van der Waals surface area contributed by atoms with Crippen molar-refractivity contribution in [2.24, 2.45) is 0 Å². The zero-order chi connectivity index (χ0) is 18.6. The van der Waals surface area contributed by atoms with Crippen molar-refractivity contribution in [2.75, 3.05) is 18.6 Å². The summed E-state index contributed by atoms with van der Waals surface area (Å²) in [6.45, 7) is 3.46. The van der Waals surface area contributed by atoms with Gasteiger partial charge >= 0.3 is 5.97 Å². The molecule has 2 atom stereocenters. The Morgan fingerprint density at radius 1 is 1.28 bits per heavy atom. The van der Waals surface area contributed by atoms with Crippen LogP contribution in [0.15, 0.2) is 30.3 Å². The summed E-state index contributed by atoms with van der Waals surface area (Å²) in [7, 11) is -1.54. The zero-order valence-electron chi connectivity index (χ0n) is 14.6. The number of carbonyl (C=O) groups excluding carboxylic acids is 2. The molecule has 0 saturated carbocycles. The molecule has 1 heterocycles. The average molecular weight is 365 g/mol. The Bertz CT molecular complexity index is 767. The van der Waals surface area contributed by atoms with Gasteiger partial charge in [-0.05, 0) is 31.9 Å². The van der Waals surface area contributed by atoms with Crippen LogP contribution in [0, 0.1) is 6.92 Å². The Morgan fingerprint density at radius 2 is 1.92 bits per heavy atom. The molecule has 0 aliphatic carbocycles. The summed E-state index contributed by atoms with van der Waals surface area (Å²) in [5.41, 5.74) is 1.98. The van der Waals surface area contributed by atoms with E-state index in [1.54, 1.807) is 13.1 Å². The number of esters is 1. The highest BCUT2D eigenvalue weighted by Crippen LogP contribution is 2.17. The predicted octanol–water partition coefficient (Wildman–Crippen LogP) is 1.59. The van der Waals surface area contributed by atoms with Crippen LogP contribution < -0.4 is 0 Å². The van der Waals surface area contributed by atoms with Gasteiger partial charge in [0, 0.05) is 19.2 Å². The molecule has 0 radical (unpaired) electrons. The van der Waals surface area contributed by atoms with Gasteiger partial charge in [0.1, 0.15) is 0 Å². The summed E-state index contributed by atoms with van der Waals surface area (Å²) >= 11 is 0. The van der Waals surface area contributed by atoms with Gasteiger partial charge in [-0.25, -0.2) is 13.2 Å². The second kappa shape index (κ2) is 7.82. The fourth-order valence-corrected chi connectivity index (χ4v) is 4.43. The molecule has 0 unspecified atom stereocenters. The number of hydrogen-bond acceptors (Lipinski definition) is 5. The number of hydrogen-bond donors (Lipinski definition) is 0. The first-order chi connectivity index (χ1) is 11.7. The molecule has 0 bridgehead atoms. The summed E-state index contributed by atoms with van der Waals surface area (Å²) in [6, 6.07) is 7.26. The van der Waals surface area contributed by atoms with Gasteiger partial charge in [-0.2, -0.15) is 0 Å². The summed E-state index contributed by atoms with van der Waals surface area (Å²) < 4.78 is 28.2. The van der Waals surface area contributed by atoms with E-state index >= 15 is 0 Å². The van der Waals surface area contributed by atoms with E-state index in [1.807, 2.05) is 31.2 Å². The zero-order valence-corrected chi connectivity index (χ0v) is 15.5. The van der Waals surface area contributed by atoms with Crippen molar-refractivity contribution >= 4 is 27.8 Å². The van der Waals surface area contributed by atoms with Crippen LogP contribution in [0.25, 0.3) is 6.08 Å². The van der Waals surface area contributed by atoms with Gasteiger partial charge in [-0.15, -0.1) is 0 Å². The van der Waals surface area contributed by atoms with Crippen molar-refractivity contribution in [3.8, 4) is 0 Å². The monoisotopic (exact) mass is 365 g/mol. The van der Waals surface area contributed by atoms with Gasteiger partial charge in [0.2, 0.25) is 0 Å². The molecule has 136 valence electrons. The minimum absolute atomic E-state index is 0.0385. The van der Waals surface area contributed by atoms with Gasteiger partial charge < -0.3 is 9.64 Å². The summed E-state index contributed by atoms with van der Waals surface area (Å²) in [5.74, 6) is -0.973. The highest BCUT2D eigenvalue weighted by molar-refractivity contribution is 7.91. The lowest BCUT2D eigenvalue weighted by molar-refractivity contribution is -0.155. The molecule has 0 spiro atoms. The molecule has 0 aromatic heterocycles. The Labute approximate surface area is 148 Å². The van der Waals surface area contributed by atoms with Crippen LogP contribution in [-0.2, 0) is 24.2 Å². The van der Waals surface area contributed by atoms with Crippen molar-refractivity contribution in [3.63, 3.8) is 0 Å². The van der Waals surface area contributed by atoms with E-state index in [0.29, 0.717) is 6.42 Å². The largest absolute Gasteiger partial charge is 0.449 e. The van der Waals surface area contributed by atoms with Gasteiger partial charge in [0.05, 0.1) is 11.5 Å². The minimum atomic E-state index is -3.08. The summed E-state index contributed by atoms with van der Waals surface area (Å²) in [4.78, 5) is 25.6. The standard InChI is InChI=1S/C18H23NO5S/c1-13-4-6-15(7-5-13)8-9-17(20)24-14(2)18(21)19(3)16-10-11-25(22,23)12-16/h4-9,14,16H,10-12H2,1-3H3/b9-8+/t14-,16-/m1/s1. The normalized spacial score (nSPS) is 20.4. The minimum Gasteiger partial charge on any atom is -0.449 e. The van der Waals surface area contributed by atoms with Crippen molar-refractivity contribution in [3.05, 3.63) is 41.5 Å². The Balaban J connectivity index is 1.89. The molecule has 1 amide bonds. The van der Waals surface area contributed by atoms with E-state index in [9.17, 15) is 18.0 Å². The van der Waals surface area contributed by atoms with Gasteiger partial charge in [0.15, 0.2) is 15.9 Å². The highest BCUT2D eigenvalue weighted by atomic mass is 32.2. The van der Waals surface area contributed by atoms with E-state index in [0.717, 1.165) is 11.1 Å². The molecule has 0 N–H and O–H groups in total. The molecule has 1 aliphatic heterocycles. The number of carbonyl (C=O) groups is 2. The molecule has 1 aliphatic rings. The number of likely N-dealkylation sites (N-methyl/N-ethyl adjacent to an activating group) is 1. The molecular weight excluding hydrogens is 342 g/mol. The third kappa shape index (κ3) is 5.42. The second-order valence-corrected chi connectivity index (χ2v) is 8.56. The van der Waals surface area contributed by atoms with Crippen LogP contribution in [0.5, 0.6) is 0 Å². The van der Waals surface area contributed by atoms with Crippen molar-refractivity contribution < 1.29 is 22.7 Å². The van der Waals surface area contributed by atoms with Crippen molar-refractivity contribution in [2.45, 2.75) is 32.4 Å². The number of amides is 1. The molecule has 25 heavy (non-hydrogen) atoms. The Morgan fingerprint density at radius 3 is 2.48 bits per heavy atom. The first kappa shape index (κ1) is 19.2. The SMILES string of the molecule is Cc1ccc(/C=C/C(=O)O[C@H](C)C(=O)N(C)[C@@H]2CCS(=O)(=O)C2)cc1. The van der Waals surface area contributed by atoms with E-state index in [4.69, 9.17) is 4.74 Å². The fourth-order valence-electron chi connectivity index (χ4n) is 2.65. The maximum Gasteiger partial charge on any atom is 0.331 e. The molecule has 6 nitrogen and oxygen atoms in total. The van der Waals surface area contributed by atoms with Crippen molar-refractivity contribution in [1.29, 1.82) is 0 Å². The third-order valence-corrected chi connectivity index (χ3v) is 5.98. The van der Waals surface area contributed by atoms with Crippen LogP contribution >= 0.6 is 0 Å². The Kier molecular flexibility index (Phi) is 6.00. The van der Waals surface area contributed by atoms with Crippen LogP contribution in [0.1, 0.15) is 24.5 Å². The van der Waals surface area contributed by atoms with Crippen LogP contribution in [0.2, 0.25) is 0 Å². The van der Waals surface area contributed by atoms with E-state index in [2.05, 4.69) is 0 Å². The molecule has 1 aromatic carbocycles. The third-order valence-electron chi connectivity index (χ3n) is 4.23. The summed E-state index contributed by atoms with van der Waals surface area (Å²) in [6.07, 6.45) is 2.34. The molecule has 1 saturated heterocycles. The quantitative estimate of drug-likeness (QED) is 0.585. The molecule has 1 aromatic rings. The lowest BCUT2D eigenvalue weighted by Crippen LogP contribution is -2.44. The number of nitrogens with zero attached hydrogens (tertiary/aromatic N) is 1. The molecular formula is C18H23NO5S. The van der Waals surface area contributed by atoms with Gasteiger partial charge in [-0.1, -0.05) is 29.8 Å². The van der Waals surface area contributed by atoms with Gasteiger partial charge in [0.25, 0.3) is 5.91 Å². The van der Waals surface area contributed by atoms with E-state index in [-0.39, 0.29) is 17.5 Å². The average Bonchev–Trinajstić information content (AvgIpc) is 2.93. The fraction of sp³-hybridized carbons (Fsp3) is 0.444. The maximum absolute atomic E-state index is 12.3. The van der Waals surface area contributed by atoms with Crippen molar-refractivity contribution in [1.82, 2.24) is 4.90 Å². The molecule has 7 heteroatoms. The lowest BCUT2D eigenvalue weighted by atomic mass is 10.1. The first-order valence-electron chi connectivity index (χ1n) is 8.10. The second-order valence-electron chi connectivity index (χ2n) is 6.33. The van der Waals surface area contributed by atoms with Crippen LogP contribution in [-0.4, -0.2) is 55.9 Å². The smallest absolute Gasteiger partial charge is 0.331 e. The number of ether oxygens (including phenoxy) is 1. The molecule has 1 fully saturated rings. The van der Waals surface area contributed by atoms with Gasteiger partial charge in [-0.3, -0.25) is 4.79 Å². The van der Waals surface area contributed by atoms with E-state index < -0.39 is 27.8 Å². The highest BCUT2D eigenvalue weighted by Gasteiger charge is 2.34. The van der Waals surface area contributed by atoms with E-state index in [1.165, 1.54) is 17.9 Å². The topological polar surface area (TPSA) is 80.8 Å². The predicted molar refractivity (Wildman–Crippen MR) is 95.6 cm³/mol. The number of sulfone groups is 1. The number of aryl methyl sites for hydroxylation is 1. The number of rotatable bonds is 5. The van der Waals surface area contributed by atoms with Crippen LogP contribution in [0.3, 0.4) is 0 Å². The first-order valence-corrected chi connectivity index (χ1v) is 9.92. The lowest BCUT2D eigenvalue weighted by Gasteiger charge is -2.26. The molecule has 2 rings (SSSR count). The summed E-state index contributed by atoms with van der Waals surface area (Å²) in [5, 5.41) is 0. The Hall–Kier alpha value is -2.15. The van der Waals surface area contributed by atoms with Crippen LogP contribution in [0.4, 0.5) is 0 Å². The maximum atomic E-state index is 12.3. The number of benzene rings is 1.